The Balaban J connectivity index is 1.68. The predicted molar refractivity (Wildman–Crippen MR) is 80.6 cm³/mol. The first-order valence-corrected chi connectivity index (χ1v) is 7.41. The highest BCUT2D eigenvalue weighted by molar-refractivity contribution is 7.00. The van der Waals surface area contributed by atoms with E-state index in [0.29, 0.717) is 6.04 Å². The standard InChI is InChI=1S/C14H17N5S/c1-10(2)19-7-6-16-13(19)9-15-8-11-4-3-5-12-14(11)18-20-17-12/h3-7,10,15H,8-9H2,1-2H3. The van der Waals surface area contributed by atoms with Crippen molar-refractivity contribution in [2.75, 3.05) is 0 Å². The molecule has 20 heavy (non-hydrogen) atoms. The molecule has 0 aliphatic heterocycles. The van der Waals surface area contributed by atoms with E-state index in [2.05, 4.69) is 43.5 Å². The molecule has 3 rings (SSSR count). The molecule has 2 heterocycles. The lowest BCUT2D eigenvalue weighted by Crippen LogP contribution is -2.17. The minimum absolute atomic E-state index is 0.431. The van der Waals surface area contributed by atoms with Crippen LogP contribution in [0.5, 0.6) is 0 Å². The summed E-state index contributed by atoms with van der Waals surface area (Å²) in [6, 6.07) is 6.54. The van der Waals surface area contributed by atoms with E-state index in [0.717, 1.165) is 29.9 Å². The Morgan fingerprint density at radius 1 is 1.25 bits per heavy atom. The molecule has 0 bridgehead atoms. The van der Waals surface area contributed by atoms with E-state index in [-0.39, 0.29) is 0 Å². The summed E-state index contributed by atoms with van der Waals surface area (Å²) >= 11 is 1.26. The third-order valence-electron chi connectivity index (χ3n) is 3.27. The number of nitrogens with zero attached hydrogens (tertiary/aromatic N) is 4. The Morgan fingerprint density at radius 2 is 2.15 bits per heavy atom. The van der Waals surface area contributed by atoms with Gasteiger partial charge in [0.05, 0.1) is 18.3 Å². The van der Waals surface area contributed by atoms with Crippen molar-refractivity contribution in [3.63, 3.8) is 0 Å². The third kappa shape index (κ3) is 2.57. The Kier molecular flexibility index (Phi) is 3.75. The molecule has 0 aliphatic rings. The topological polar surface area (TPSA) is 55.6 Å². The SMILES string of the molecule is CC(C)n1ccnc1CNCc1cccc2nsnc12. The fourth-order valence-corrected chi connectivity index (χ4v) is 2.83. The van der Waals surface area contributed by atoms with Crippen molar-refractivity contribution in [1.29, 1.82) is 0 Å². The van der Waals surface area contributed by atoms with Crippen molar-refractivity contribution >= 4 is 22.8 Å². The van der Waals surface area contributed by atoms with Crippen LogP contribution >= 0.6 is 11.7 Å². The summed E-state index contributed by atoms with van der Waals surface area (Å²) in [6.07, 6.45) is 3.87. The maximum absolute atomic E-state index is 4.40. The quantitative estimate of drug-likeness (QED) is 0.784. The summed E-state index contributed by atoms with van der Waals surface area (Å²) in [5, 5.41) is 3.43. The average molecular weight is 287 g/mol. The van der Waals surface area contributed by atoms with Crippen LogP contribution in [-0.2, 0) is 13.1 Å². The van der Waals surface area contributed by atoms with Crippen LogP contribution in [0.15, 0.2) is 30.6 Å². The van der Waals surface area contributed by atoms with Gasteiger partial charge in [0, 0.05) is 25.0 Å². The van der Waals surface area contributed by atoms with E-state index in [1.165, 1.54) is 17.3 Å². The molecule has 0 aliphatic carbocycles. The second-order valence-electron chi connectivity index (χ2n) is 5.00. The van der Waals surface area contributed by atoms with E-state index in [1.54, 1.807) is 0 Å². The first-order chi connectivity index (χ1) is 9.75. The average Bonchev–Trinajstić information content (AvgIpc) is 3.07. The molecule has 0 radical (unpaired) electrons. The highest BCUT2D eigenvalue weighted by Crippen LogP contribution is 2.16. The smallest absolute Gasteiger partial charge is 0.122 e. The molecular weight excluding hydrogens is 270 g/mol. The van der Waals surface area contributed by atoms with E-state index < -0.39 is 0 Å². The van der Waals surface area contributed by atoms with Crippen molar-refractivity contribution < 1.29 is 0 Å². The lowest BCUT2D eigenvalue weighted by molar-refractivity contribution is 0.542. The van der Waals surface area contributed by atoms with Crippen molar-refractivity contribution in [3.8, 4) is 0 Å². The second-order valence-corrected chi connectivity index (χ2v) is 5.53. The Bertz CT molecular complexity index is 700. The summed E-state index contributed by atoms with van der Waals surface area (Å²) < 4.78 is 10.8. The molecule has 0 amide bonds. The first kappa shape index (κ1) is 13.2. The lowest BCUT2D eigenvalue weighted by atomic mass is 10.2. The molecule has 0 fully saturated rings. The number of hydrogen-bond acceptors (Lipinski definition) is 5. The van der Waals surface area contributed by atoms with Gasteiger partial charge in [-0.15, -0.1) is 0 Å². The van der Waals surface area contributed by atoms with Crippen molar-refractivity contribution in [2.24, 2.45) is 0 Å². The van der Waals surface area contributed by atoms with Crippen LogP contribution in [0.4, 0.5) is 0 Å². The number of rotatable bonds is 5. The molecule has 6 heteroatoms. The highest BCUT2D eigenvalue weighted by Gasteiger charge is 2.07. The van der Waals surface area contributed by atoms with Gasteiger partial charge >= 0.3 is 0 Å². The Labute approximate surface area is 122 Å². The zero-order valence-corrected chi connectivity index (χ0v) is 12.4. The summed E-state index contributed by atoms with van der Waals surface area (Å²) in [5.74, 6) is 1.06. The van der Waals surface area contributed by atoms with Crippen molar-refractivity contribution in [2.45, 2.75) is 33.0 Å². The number of aromatic nitrogens is 4. The minimum atomic E-state index is 0.431. The van der Waals surface area contributed by atoms with Gasteiger partial charge in [-0.2, -0.15) is 8.75 Å². The number of nitrogens with one attached hydrogen (secondary N) is 1. The summed E-state index contributed by atoms with van der Waals surface area (Å²) in [5.41, 5.74) is 3.15. The molecule has 1 N–H and O–H groups in total. The van der Waals surface area contributed by atoms with Crippen LogP contribution in [0.3, 0.4) is 0 Å². The van der Waals surface area contributed by atoms with Gasteiger partial charge in [-0.05, 0) is 25.5 Å². The molecule has 104 valence electrons. The zero-order chi connectivity index (χ0) is 13.9. The summed E-state index contributed by atoms with van der Waals surface area (Å²) in [6.45, 7) is 5.84. The lowest BCUT2D eigenvalue weighted by Gasteiger charge is -2.12. The first-order valence-electron chi connectivity index (χ1n) is 6.68. The maximum Gasteiger partial charge on any atom is 0.122 e. The van der Waals surface area contributed by atoms with Crippen LogP contribution in [0.25, 0.3) is 11.0 Å². The molecule has 3 aromatic rings. The molecule has 0 atom stereocenters. The van der Waals surface area contributed by atoms with Gasteiger partial charge in [-0.3, -0.25) is 0 Å². The summed E-state index contributed by atoms with van der Waals surface area (Å²) in [7, 11) is 0. The highest BCUT2D eigenvalue weighted by atomic mass is 32.1. The zero-order valence-electron chi connectivity index (χ0n) is 11.6. The fraction of sp³-hybridized carbons (Fsp3) is 0.357. The summed E-state index contributed by atoms with van der Waals surface area (Å²) in [4.78, 5) is 4.40. The molecule has 0 saturated carbocycles. The van der Waals surface area contributed by atoms with E-state index >= 15 is 0 Å². The van der Waals surface area contributed by atoms with Gasteiger partial charge in [-0.1, -0.05) is 12.1 Å². The van der Waals surface area contributed by atoms with E-state index in [9.17, 15) is 0 Å². The number of fused-ring (bicyclic) bond motifs is 1. The monoisotopic (exact) mass is 287 g/mol. The van der Waals surface area contributed by atoms with Crippen LogP contribution in [0.2, 0.25) is 0 Å². The van der Waals surface area contributed by atoms with Crippen LogP contribution < -0.4 is 5.32 Å². The maximum atomic E-state index is 4.40. The Hall–Kier alpha value is -1.79. The second kappa shape index (κ2) is 5.68. The van der Waals surface area contributed by atoms with Crippen LogP contribution in [-0.4, -0.2) is 18.3 Å². The fourth-order valence-electron chi connectivity index (χ4n) is 2.26. The third-order valence-corrected chi connectivity index (χ3v) is 3.82. The van der Waals surface area contributed by atoms with Crippen molar-refractivity contribution in [3.05, 3.63) is 42.0 Å². The van der Waals surface area contributed by atoms with Crippen LogP contribution in [0, 0.1) is 0 Å². The van der Waals surface area contributed by atoms with Gasteiger partial charge < -0.3 is 9.88 Å². The number of benzene rings is 1. The van der Waals surface area contributed by atoms with Gasteiger partial charge in [0.15, 0.2) is 0 Å². The van der Waals surface area contributed by atoms with Gasteiger partial charge in [0.1, 0.15) is 16.9 Å². The Morgan fingerprint density at radius 3 is 3.00 bits per heavy atom. The molecule has 0 spiro atoms. The van der Waals surface area contributed by atoms with Gasteiger partial charge in [0.2, 0.25) is 0 Å². The molecule has 2 aromatic heterocycles. The molecule has 5 nitrogen and oxygen atoms in total. The molecule has 0 saturated heterocycles. The molecule has 0 unspecified atom stereocenters. The molecule has 1 aromatic carbocycles. The van der Waals surface area contributed by atoms with Crippen LogP contribution in [0.1, 0.15) is 31.3 Å². The number of imidazole rings is 1. The van der Waals surface area contributed by atoms with Crippen molar-refractivity contribution in [1.82, 2.24) is 23.6 Å². The van der Waals surface area contributed by atoms with Gasteiger partial charge in [0.25, 0.3) is 0 Å². The minimum Gasteiger partial charge on any atom is -0.331 e. The molecular formula is C14H17N5S. The van der Waals surface area contributed by atoms with E-state index in [1.807, 2.05) is 24.5 Å². The largest absolute Gasteiger partial charge is 0.331 e. The number of hydrogen-bond donors (Lipinski definition) is 1. The normalized spacial score (nSPS) is 11.6. The van der Waals surface area contributed by atoms with Gasteiger partial charge in [-0.25, -0.2) is 4.98 Å². The predicted octanol–water partition coefficient (Wildman–Crippen LogP) is 2.76. The van der Waals surface area contributed by atoms with E-state index in [4.69, 9.17) is 0 Å².